The zero-order valence-electron chi connectivity index (χ0n) is 24.1. The fourth-order valence-corrected chi connectivity index (χ4v) is 5.68. The van der Waals surface area contributed by atoms with Gasteiger partial charge in [-0.05, 0) is 62.5 Å². The number of rotatable bonds is 14. The van der Waals surface area contributed by atoms with E-state index in [1.165, 1.54) is 13.2 Å². The van der Waals surface area contributed by atoms with Crippen LogP contribution in [0.5, 0.6) is 0 Å². The number of nitrogens with one attached hydrogen (secondary N) is 2. The molecular formula is C31H40N2O10. The van der Waals surface area contributed by atoms with E-state index in [0.29, 0.717) is 5.56 Å². The summed E-state index contributed by atoms with van der Waals surface area (Å²) in [5.74, 6) is -2.06. The van der Waals surface area contributed by atoms with Gasteiger partial charge in [0.15, 0.2) is 5.79 Å². The van der Waals surface area contributed by atoms with Crippen LogP contribution in [0.25, 0.3) is 6.08 Å². The number of carbonyl (C=O) groups is 3. The van der Waals surface area contributed by atoms with Crippen molar-refractivity contribution >= 4 is 23.9 Å². The molecule has 1 aliphatic heterocycles. The van der Waals surface area contributed by atoms with Crippen LogP contribution in [0, 0.1) is 11.8 Å². The van der Waals surface area contributed by atoms with Crippen molar-refractivity contribution in [2.45, 2.75) is 75.3 Å². The molecule has 0 radical (unpaired) electrons. The third kappa shape index (κ3) is 7.27. The molecule has 2 amide bonds. The summed E-state index contributed by atoms with van der Waals surface area (Å²) < 4.78 is 24.3. The van der Waals surface area contributed by atoms with Gasteiger partial charge in [-0.1, -0.05) is 12.1 Å². The van der Waals surface area contributed by atoms with Gasteiger partial charge in [-0.15, -0.1) is 0 Å². The highest BCUT2D eigenvalue weighted by Crippen LogP contribution is 2.59. The second kappa shape index (κ2) is 13.6. The minimum Gasteiger partial charge on any atom is -0.499 e. The van der Waals surface area contributed by atoms with Gasteiger partial charge in [-0.25, -0.2) is 4.79 Å². The maximum absolute atomic E-state index is 13.4. The molecule has 1 aromatic carbocycles. The lowest BCUT2D eigenvalue weighted by Gasteiger charge is -2.31. The topological polar surface area (TPSA) is 173 Å². The van der Waals surface area contributed by atoms with Crippen molar-refractivity contribution in [1.29, 1.82) is 0 Å². The Morgan fingerprint density at radius 1 is 1.07 bits per heavy atom. The van der Waals surface area contributed by atoms with Gasteiger partial charge in [0, 0.05) is 30.4 Å². The van der Waals surface area contributed by atoms with E-state index in [2.05, 4.69) is 10.6 Å². The predicted octanol–water partition coefficient (Wildman–Crippen LogP) is 0.796. The Morgan fingerprint density at radius 2 is 1.77 bits per heavy atom. The highest BCUT2D eigenvalue weighted by atomic mass is 16.8. The lowest BCUT2D eigenvalue weighted by atomic mass is 9.91. The van der Waals surface area contributed by atoms with Crippen molar-refractivity contribution in [3.05, 3.63) is 53.3 Å². The van der Waals surface area contributed by atoms with Crippen LogP contribution in [0.4, 0.5) is 0 Å². The molecule has 0 aromatic heterocycles. The molecule has 12 heteroatoms. The SMILES string of the molecule is C[C@H](O)[C@@H](NC(=O)C1=C[C@H]2OC(C3CC3)(C3CC3)O[C@H]2[C@H](OC(=O)c2ccc(C=COCCO)cc2)C1)C(=O)NCCO. The first-order valence-electron chi connectivity index (χ1n) is 14.9. The molecule has 2 saturated carbocycles. The number of aliphatic hydroxyl groups is 3. The largest absolute Gasteiger partial charge is 0.499 e. The normalized spacial score (nSPS) is 25.8. The fourth-order valence-electron chi connectivity index (χ4n) is 5.68. The average molecular weight is 601 g/mol. The number of aliphatic hydroxyl groups excluding tert-OH is 3. The predicted molar refractivity (Wildman–Crippen MR) is 152 cm³/mol. The van der Waals surface area contributed by atoms with Gasteiger partial charge in [0.1, 0.15) is 31.0 Å². The maximum Gasteiger partial charge on any atom is 0.338 e. The summed E-state index contributed by atoms with van der Waals surface area (Å²) in [6, 6.07) is 5.46. The molecule has 1 heterocycles. The second-order valence-electron chi connectivity index (χ2n) is 11.5. The van der Waals surface area contributed by atoms with Crippen molar-refractivity contribution in [3.63, 3.8) is 0 Å². The van der Waals surface area contributed by atoms with E-state index in [1.54, 1.807) is 36.4 Å². The zero-order chi connectivity index (χ0) is 30.6. The van der Waals surface area contributed by atoms with E-state index in [0.717, 1.165) is 31.2 Å². The molecule has 1 aromatic rings. The van der Waals surface area contributed by atoms with Crippen LogP contribution >= 0.6 is 0 Å². The van der Waals surface area contributed by atoms with Crippen molar-refractivity contribution in [2.75, 3.05) is 26.4 Å². The average Bonchev–Trinajstić information content (AvgIpc) is 3.94. The Labute approximate surface area is 250 Å². The Kier molecular flexibility index (Phi) is 9.82. The van der Waals surface area contributed by atoms with Crippen molar-refractivity contribution < 1.29 is 48.7 Å². The van der Waals surface area contributed by atoms with E-state index in [9.17, 15) is 19.5 Å². The van der Waals surface area contributed by atoms with E-state index in [-0.39, 0.29) is 50.2 Å². The Hall–Kier alpha value is -3.29. The third-order valence-corrected chi connectivity index (χ3v) is 8.13. The fraction of sp³-hybridized carbons (Fsp3) is 0.581. The first-order chi connectivity index (χ1) is 20.8. The monoisotopic (exact) mass is 600 g/mol. The Bertz CT molecular complexity index is 1210. The minimum absolute atomic E-state index is 0.0211. The molecule has 0 bridgehead atoms. The summed E-state index contributed by atoms with van der Waals surface area (Å²) in [5.41, 5.74) is 1.36. The summed E-state index contributed by atoms with van der Waals surface area (Å²) in [5, 5.41) is 33.1. The van der Waals surface area contributed by atoms with E-state index in [4.69, 9.17) is 29.2 Å². The Morgan fingerprint density at radius 3 is 2.37 bits per heavy atom. The first kappa shape index (κ1) is 31.1. The summed E-state index contributed by atoms with van der Waals surface area (Å²) in [6.45, 7) is 1.18. The lowest BCUT2D eigenvalue weighted by molar-refractivity contribution is -0.209. The Balaban J connectivity index is 1.33. The number of fused-ring (bicyclic) bond motifs is 1. The van der Waals surface area contributed by atoms with Gasteiger partial charge in [-0.2, -0.15) is 0 Å². The summed E-state index contributed by atoms with van der Waals surface area (Å²) in [4.78, 5) is 39.2. The molecular weight excluding hydrogens is 560 g/mol. The van der Waals surface area contributed by atoms with Crippen LogP contribution in [0.1, 0.15) is 54.9 Å². The molecule has 12 nitrogen and oxygen atoms in total. The molecule has 0 spiro atoms. The lowest BCUT2D eigenvalue weighted by Crippen LogP contribution is -2.54. The van der Waals surface area contributed by atoms with Crippen molar-refractivity contribution in [2.24, 2.45) is 11.8 Å². The van der Waals surface area contributed by atoms with Gasteiger partial charge in [0.2, 0.25) is 11.8 Å². The van der Waals surface area contributed by atoms with Crippen molar-refractivity contribution in [1.82, 2.24) is 10.6 Å². The van der Waals surface area contributed by atoms with Crippen LogP contribution in [0.3, 0.4) is 0 Å². The van der Waals surface area contributed by atoms with Gasteiger partial charge < -0.3 is 44.9 Å². The standard InChI is InChI=1S/C31H40N2O10/c1-18(36)26(29(38)32-11-12-34)33-28(37)21-16-24(27-25(17-21)42-31(43-27,22-6-7-22)23-8-9-23)41-30(39)20-4-2-19(3-5-20)10-14-40-15-13-35/h2-5,10,14,17-18,22-27,34-36H,6-9,11-13,15-16H2,1H3,(H,32,38)(H,33,37)/t18-,24+,25+,26+,27-/m0/s1. The summed E-state index contributed by atoms with van der Waals surface area (Å²) >= 11 is 0. The second-order valence-corrected chi connectivity index (χ2v) is 11.5. The number of benzene rings is 1. The molecule has 43 heavy (non-hydrogen) atoms. The van der Waals surface area contributed by atoms with E-state index in [1.807, 2.05) is 0 Å². The first-order valence-corrected chi connectivity index (χ1v) is 14.9. The van der Waals surface area contributed by atoms with Crippen LogP contribution in [0.2, 0.25) is 0 Å². The summed E-state index contributed by atoms with van der Waals surface area (Å²) in [6.07, 6.45) is 5.57. The number of hydrogen-bond acceptors (Lipinski definition) is 10. The minimum atomic E-state index is -1.25. The zero-order valence-corrected chi connectivity index (χ0v) is 24.1. The molecule has 4 aliphatic rings. The van der Waals surface area contributed by atoms with Crippen LogP contribution in [-0.4, -0.2) is 95.7 Å². The molecule has 3 aliphatic carbocycles. The number of carbonyl (C=O) groups excluding carboxylic acids is 3. The van der Waals surface area contributed by atoms with E-state index < -0.39 is 54.0 Å². The maximum atomic E-state index is 13.4. The van der Waals surface area contributed by atoms with Gasteiger partial charge in [0.25, 0.3) is 0 Å². The van der Waals surface area contributed by atoms with Crippen LogP contribution in [0.15, 0.2) is 42.2 Å². The third-order valence-electron chi connectivity index (χ3n) is 8.13. The van der Waals surface area contributed by atoms with Gasteiger partial charge in [-0.3, -0.25) is 9.59 Å². The van der Waals surface area contributed by atoms with Crippen LogP contribution < -0.4 is 10.6 Å². The molecule has 5 N–H and O–H groups in total. The quantitative estimate of drug-likeness (QED) is 0.117. The molecule has 3 fully saturated rings. The van der Waals surface area contributed by atoms with Crippen molar-refractivity contribution in [3.8, 4) is 0 Å². The number of ether oxygens (including phenoxy) is 4. The molecule has 0 unspecified atom stereocenters. The van der Waals surface area contributed by atoms with E-state index >= 15 is 0 Å². The number of amides is 2. The molecule has 1 saturated heterocycles. The molecule has 5 atom stereocenters. The molecule has 5 rings (SSSR count). The number of esters is 1. The highest BCUT2D eigenvalue weighted by Gasteiger charge is 2.64. The summed E-state index contributed by atoms with van der Waals surface area (Å²) in [7, 11) is 0. The number of hydrogen-bond donors (Lipinski definition) is 5. The van der Waals surface area contributed by atoms with Gasteiger partial charge in [0.05, 0.1) is 31.1 Å². The highest BCUT2D eigenvalue weighted by molar-refractivity contribution is 5.97. The molecule has 234 valence electrons. The van der Waals surface area contributed by atoms with Crippen LogP contribution in [-0.2, 0) is 28.5 Å². The smallest absolute Gasteiger partial charge is 0.338 e. The van der Waals surface area contributed by atoms with Gasteiger partial charge >= 0.3 is 5.97 Å².